The Balaban J connectivity index is 2.04. The molecule has 3 nitrogen and oxygen atoms in total. The van der Waals surface area contributed by atoms with Crippen molar-refractivity contribution >= 4 is 11.8 Å². The number of benzene rings is 1. The van der Waals surface area contributed by atoms with Gasteiger partial charge < -0.3 is 4.52 Å². The van der Waals surface area contributed by atoms with E-state index in [1.807, 2.05) is 0 Å². The van der Waals surface area contributed by atoms with Crippen LogP contribution in [-0.2, 0) is 5.75 Å². The molecular weight excluding hydrogens is 234 g/mol. The average Bonchev–Trinajstić information content (AvgIpc) is 2.63. The molecule has 0 aliphatic carbocycles. The minimum Gasteiger partial charge on any atom is -0.340 e. The van der Waals surface area contributed by atoms with Crippen LogP contribution < -0.4 is 0 Å². The summed E-state index contributed by atoms with van der Waals surface area (Å²) in [4.78, 5) is 4.34. The van der Waals surface area contributed by atoms with Crippen molar-refractivity contribution < 1.29 is 13.3 Å². The van der Waals surface area contributed by atoms with Crippen LogP contribution in [0.5, 0.6) is 0 Å². The van der Waals surface area contributed by atoms with Gasteiger partial charge >= 0.3 is 0 Å². The third-order valence-electron chi connectivity index (χ3n) is 1.82. The normalized spacial score (nSPS) is 10.7. The summed E-state index contributed by atoms with van der Waals surface area (Å²) in [6, 6.07) is 3.46. The number of nitrogens with zero attached hydrogens (tertiary/aromatic N) is 2. The summed E-state index contributed by atoms with van der Waals surface area (Å²) in [7, 11) is 0. The lowest BCUT2D eigenvalue weighted by Crippen LogP contribution is -1.87. The Kier molecular flexibility index (Phi) is 3.19. The predicted molar refractivity (Wildman–Crippen MR) is 55.0 cm³/mol. The van der Waals surface area contributed by atoms with Gasteiger partial charge in [-0.25, -0.2) is 8.78 Å². The standard InChI is InChI=1S/C10H8F2N2OS/c1-6-13-10(14-15-6)5-16-9-3-2-7(11)4-8(9)12/h2-4H,5H2,1H3. The molecule has 2 rings (SSSR count). The molecule has 0 radical (unpaired) electrons. The first kappa shape index (κ1) is 11.1. The minimum absolute atomic E-state index is 0.365. The second-order valence-electron chi connectivity index (χ2n) is 3.09. The zero-order valence-electron chi connectivity index (χ0n) is 8.41. The van der Waals surface area contributed by atoms with Crippen molar-refractivity contribution in [2.75, 3.05) is 0 Å². The van der Waals surface area contributed by atoms with Gasteiger partial charge in [-0.3, -0.25) is 0 Å². The Morgan fingerprint density at radius 2 is 2.19 bits per heavy atom. The molecule has 0 atom stereocenters. The molecule has 0 aliphatic rings. The first-order chi connectivity index (χ1) is 7.65. The topological polar surface area (TPSA) is 38.9 Å². The van der Waals surface area contributed by atoms with Crippen LogP contribution in [0.3, 0.4) is 0 Å². The van der Waals surface area contributed by atoms with E-state index < -0.39 is 11.6 Å². The minimum atomic E-state index is -0.586. The van der Waals surface area contributed by atoms with Gasteiger partial charge in [-0.05, 0) is 12.1 Å². The second-order valence-corrected chi connectivity index (χ2v) is 4.11. The van der Waals surface area contributed by atoms with Gasteiger partial charge in [0.1, 0.15) is 11.6 Å². The first-order valence-electron chi connectivity index (χ1n) is 4.52. The number of hydrogen-bond acceptors (Lipinski definition) is 4. The van der Waals surface area contributed by atoms with Gasteiger partial charge in [-0.1, -0.05) is 5.16 Å². The fourth-order valence-electron chi connectivity index (χ4n) is 1.13. The number of aryl methyl sites for hydroxylation is 1. The molecule has 0 bridgehead atoms. The number of hydrogen-bond donors (Lipinski definition) is 0. The number of aromatic nitrogens is 2. The van der Waals surface area contributed by atoms with Crippen LogP contribution in [0.2, 0.25) is 0 Å². The Morgan fingerprint density at radius 3 is 2.81 bits per heavy atom. The van der Waals surface area contributed by atoms with E-state index in [1.165, 1.54) is 23.9 Å². The molecule has 1 aromatic carbocycles. The average molecular weight is 242 g/mol. The zero-order chi connectivity index (χ0) is 11.5. The van der Waals surface area contributed by atoms with Crippen LogP contribution in [0, 0.1) is 18.6 Å². The highest BCUT2D eigenvalue weighted by molar-refractivity contribution is 7.98. The van der Waals surface area contributed by atoms with Crippen LogP contribution in [0.25, 0.3) is 0 Å². The molecule has 0 spiro atoms. The molecular formula is C10H8F2N2OS. The van der Waals surface area contributed by atoms with Gasteiger partial charge in [-0.2, -0.15) is 4.98 Å². The maximum atomic E-state index is 13.2. The monoisotopic (exact) mass is 242 g/mol. The van der Waals surface area contributed by atoms with Crippen LogP contribution >= 0.6 is 11.8 Å². The summed E-state index contributed by atoms with van der Waals surface area (Å²) in [5.74, 6) is 0.184. The molecule has 0 N–H and O–H groups in total. The third kappa shape index (κ3) is 2.57. The molecule has 2 aromatic rings. The van der Waals surface area contributed by atoms with Crippen LogP contribution in [0.1, 0.15) is 11.7 Å². The molecule has 6 heteroatoms. The maximum absolute atomic E-state index is 13.2. The molecule has 0 saturated heterocycles. The molecule has 0 aliphatic heterocycles. The predicted octanol–water partition coefficient (Wildman–Crippen LogP) is 2.95. The van der Waals surface area contributed by atoms with Gasteiger partial charge in [0, 0.05) is 17.9 Å². The fraction of sp³-hybridized carbons (Fsp3) is 0.200. The van der Waals surface area contributed by atoms with E-state index in [9.17, 15) is 8.78 Å². The van der Waals surface area contributed by atoms with Gasteiger partial charge in [-0.15, -0.1) is 11.8 Å². The molecule has 1 aromatic heterocycles. The van der Waals surface area contributed by atoms with E-state index in [1.54, 1.807) is 6.92 Å². The molecule has 1 heterocycles. The second kappa shape index (κ2) is 4.61. The van der Waals surface area contributed by atoms with Gasteiger partial charge in [0.2, 0.25) is 5.89 Å². The quantitative estimate of drug-likeness (QED) is 0.776. The van der Waals surface area contributed by atoms with E-state index in [2.05, 4.69) is 10.1 Å². The van der Waals surface area contributed by atoms with Gasteiger partial charge in [0.15, 0.2) is 5.82 Å². The Labute approximate surface area is 94.9 Å². The molecule has 0 saturated carbocycles. The number of halogens is 2. The SMILES string of the molecule is Cc1nc(CSc2ccc(F)cc2F)no1. The Hall–Kier alpha value is -1.43. The number of thioether (sulfide) groups is 1. The van der Waals surface area contributed by atoms with Crippen LogP contribution in [0.15, 0.2) is 27.6 Å². The van der Waals surface area contributed by atoms with E-state index in [4.69, 9.17) is 4.52 Å². The highest BCUT2D eigenvalue weighted by atomic mass is 32.2. The summed E-state index contributed by atoms with van der Waals surface area (Å²) in [6.45, 7) is 1.68. The van der Waals surface area contributed by atoms with Crippen molar-refractivity contribution in [2.24, 2.45) is 0 Å². The third-order valence-corrected chi connectivity index (χ3v) is 2.86. The fourth-order valence-corrected chi connectivity index (χ4v) is 1.90. The highest BCUT2D eigenvalue weighted by Gasteiger charge is 2.07. The largest absolute Gasteiger partial charge is 0.340 e. The lowest BCUT2D eigenvalue weighted by molar-refractivity contribution is 0.389. The molecule has 16 heavy (non-hydrogen) atoms. The van der Waals surface area contributed by atoms with Crippen LogP contribution in [-0.4, -0.2) is 10.1 Å². The maximum Gasteiger partial charge on any atom is 0.223 e. The smallest absolute Gasteiger partial charge is 0.223 e. The Morgan fingerprint density at radius 1 is 1.38 bits per heavy atom. The molecule has 84 valence electrons. The van der Waals surface area contributed by atoms with Crippen molar-refractivity contribution in [3.63, 3.8) is 0 Å². The lowest BCUT2D eigenvalue weighted by atomic mass is 10.3. The summed E-state index contributed by atoms with van der Waals surface area (Å²) in [5, 5.41) is 3.67. The summed E-state index contributed by atoms with van der Waals surface area (Å²) in [6.07, 6.45) is 0. The van der Waals surface area contributed by atoms with E-state index in [-0.39, 0.29) is 0 Å². The highest BCUT2D eigenvalue weighted by Crippen LogP contribution is 2.24. The summed E-state index contributed by atoms with van der Waals surface area (Å²) >= 11 is 1.20. The van der Waals surface area contributed by atoms with E-state index in [0.29, 0.717) is 22.4 Å². The van der Waals surface area contributed by atoms with Crippen molar-refractivity contribution in [3.8, 4) is 0 Å². The van der Waals surface area contributed by atoms with E-state index >= 15 is 0 Å². The van der Waals surface area contributed by atoms with E-state index in [0.717, 1.165) is 6.07 Å². The first-order valence-corrected chi connectivity index (χ1v) is 5.51. The Bertz CT molecular complexity index is 501. The zero-order valence-corrected chi connectivity index (χ0v) is 9.22. The van der Waals surface area contributed by atoms with Crippen molar-refractivity contribution in [1.29, 1.82) is 0 Å². The summed E-state index contributed by atoms with van der Waals surface area (Å²) < 4.78 is 30.6. The molecule has 0 fully saturated rings. The van der Waals surface area contributed by atoms with Crippen molar-refractivity contribution in [1.82, 2.24) is 10.1 Å². The van der Waals surface area contributed by atoms with Gasteiger partial charge in [0.05, 0.1) is 5.75 Å². The van der Waals surface area contributed by atoms with Crippen molar-refractivity contribution in [3.05, 3.63) is 41.5 Å². The molecule has 0 unspecified atom stereocenters. The number of rotatable bonds is 3. The summed E-state index contributed by atoms with van der Waals surface area (Å²) in [5.41, 5.74) is 0. The lowest BCUT2D eigenvalue weighted by Gasteiger charge is -2.00. The van der Waals surface area contributed by atoms with Crippen LogP contribution in [0.4, 0.5) is 8.78 Å². The van der Waals surface area contributed by atoms with Crippen molar-refractivity contribution in [2.45, 2.75) is 17.6 Å². The van der Waals surface area contributed by atoms with Gasteiger partial charge in [0.25, 0.3) is 0 Å². The molecule has 0 amide bonds.